The van der Waals surface area contributed by atoms with Crippen LogP contribution in [0.15, 0.2) is 121 Å². The van der Waals surface area contributed by atoms with Crippen molar-refractivity contribution in [2.75, 3.05) is 23.9 Å². The number of fused-ring (bicyclic) bond motifs is 2. The molecule has 0 aliphatic heterocycles. The van der Waals surface area contributed by atoms with Crippen molar-refractivity contribution in [2.45, 2.75) is 25.9 Å². The molecule has 2 atom stereocenters. The molecule has 0 radical (unpaired) electrons. The minimum Gasteiger partial charge on any atom is -0.363 e. The third-order valence-electron chi connectivity index (χ3n) is 7.85. The van der Waals surface area contributed by atoms with Gasteiger partial charge in [0.05, 0.1) is 34.5 Å². The van der Waals surface area contributed by atoms with E-state index in [2.05, 4.69) is 159 Å². The predicted molar refractivity (Wildman–Crippen MR) is 168 cm³/mol. The van der Waals surface area contributed by atoms with Crippen LogP contribution in [0.3, 0.4) is 0 Å². The smallest absolute Gasteiger partial charge is 0.0938 e. The Kier molecular flexibility index (Phi) is 6.91. The Labute approximate surface area is 236 Å². The molecule has 198 valence electrons. The van der Waals surface area contributed by atoms with E-state index in [0.29, 0.717) is 0 Å². The van der Waals surface area contributed by atoms with Crippen molar-refractivity contribution in [3.05, 3.63) is 144 Å². The number of pyridine rings is 2. The molecule has 4 heteroatoms. The second-order valence-corrected chi connectivity index (χ2v) is 10.5. The Morgan fingerprint density at radius 3 is 1.25 bits per heavy atom. The maximum Gasteiger partial charge on any atom is 0.0938 e. The van der Waals surface area contributed by atoms with Crippen molar-refractivity contribution >= 4 is 33.2 Å². The van der Waals surface area contributed by atoms with Crippen LogP contribution in [-0.4, -0.2) is 24.1 Å². The number of hydrogen-bond donors (Lipinski definition) is 0. The SMILES string of the molecule is Cc1ccc2cccc(N(C)[C@@H](c3ccccc3)[C@H](c3ccccc3)N(C)c3cccc4ccc(C)nc34)c2n1. The average Bonchev–Trinajstić information content (AvgIpc) is 2.99. The molecule has 0 saturated carbocycles. The third kappa shape index (κ3) is 4.77. The molecular weight excluding hydrogens is 488 g/mol. The van der Waals surface area contributed by atoms with E-state index in [4.69, 9.17) is 9.97 Å². The highest BCUT2D eigenvalue weighted by molar-refractivity contribution is 5.92. The van der Waals surface area contributed by atoms with E-state index in [9.17, 15) is 0 Å². The van der Waals surface area contributed by atoms with Gasteiger partial charge < -0.3 is 9.80 Å². The Bertz CT molecular complexity index is 1630. The minimum absolute atomic E-state index is 0.0263. The Morgan fingerprint density at radius 2 is 0.850 bits per heavy atom. The largest absolute Gasteiger partial charge is 0.363 e. The number of likely N-dealkylation sites (N-methyl/N-ethyl adjacent to an activating group) is 2. The number of nitrogens with zero attached hydrogens (tertiary/aromatic N) is 4. The lowest BCUT2D eigenvalue weighted by Gasteiger charge is -2.42. The van der Waals surface area contributed by atoms with Gasteiger partial charge in [0.1, 0.15) is 0 Å². The highest BCUT2D eigenvalue weighted by Crippen LogP contribution is 2.43. The summed E-state index contributed by atoms with van der Waals surface area (Å²) in [5.41, 5.74) is 8.75. The highest BCUT2D eigenvalue weighted by Gasteiger charge is 2.33. The molecule has 2 heterocycles. The van der Waals surface area contributed by atoms with Crippen molar-refractivity contribution in [3.63, 3.8) is 0 Å². The van der Waals surface area contributed by atoms with Crippen LogP contribution in [0.2, 0.25) is 0 Å². The van der Waals surface area contributed by atoms with Crippen molar-refractivity contribution in [1.82, 2.24) is 9.97 Å². The van der Waals surface area contributed by atoms with Crippen molar-refractivity contribution in [1.29, 1.82) is 0 Å². The second-order valence-electron chi connectivity index (χ2n) is 10.5. The monoisotopic (exact) mass is 522 g/mol. The van der Waals surface area contributed by atoms with Gasteiger partial charge in [0.15, 0.2) is 0 Å². The van der Waals surface area contributed by atoms with Gasteiger partial charge in [-0.3, -0.25) is 9.97 Å². The summed E-state index contributed by atoms with van der Waals surface area (Å²) in [7, 11) is 4.40. The van der Waals surface area contributed by atoms with E-state index < -0.39 is 0 Å². The molecule has 6 aromatic rings. The first-order valence-corrected chi connectivity index (χ1v) is 13.8. The van der Waals surface area contributed by atoms with Crippen LogP contribution in [0.1, 0.15) is 34.6 Å². The van der Waals surface area contributed by atoms with Gasteiger partial charge in [-0.25, -0.2) is 0 Å². The standard InChI is InChI=1S/C36H34N4/c1-25-21-23-27-17-11-19-31(33(27)37-25)39(3)35(29-13-7-5-8-14-29)36(30-15-9-6-10-16-30)40(4)32-20-12-18-28-24-22-26(2)38-34(28)32/h5-24,35-36H,1-4H3/t35-,36-/m0/s1. The molecule has 40 heavy (non-hydrogen) atoms. The molecule has 2 aromatic heterocycles. The van der Waals surface area contributed by atoms with Crippen LogP contribution in [0.5, 0.6) is 0 Å². The van der Waals surface area contributed by atoms with Crippen LogP contribution in [0.4, 0.5) is 11.4 Å². The Hall–Kier alpha value is -4.70. The van der Waals surface area contributed by atoms with Crippen molar-refractivity contribution < 1.29 is 0 Å². The molecule has 0 spiro atoms. The molecule has 0 fully saturated rings. The number of aromatic nitrogens is 2. The van der Waals surface area contributed by atoms with Gasteiger partial charge in [0.2, 0.25) is 0 Å². The summed E-state index contributed by atoms with van der Waals surface area (Å²) in [6.45, 7) is 4.11. The van der Waals surface area contributed by atoms with E-state index in [1.54, 1.807) is 0 Å². The molecule has 0 saturated heterocycles. The normalized spacial score (nSPS) is 12.8. The second kappa shape index (κ2) is 10.8. The lowest BCUT2D eigenvalue weighted by molar-refractivity contribution is 0.522. The maximum atomic E-state index is 4.99. The van der Waals surface area contributed by atoms with Gasteiger partial charge in [0, 0.05) is 36.3 Å². The number of aryl methyl sites for hydroxylation is 2. The van der Waals surface area contributed by atoms with E-state index in [0.717, 1.165) is 44.6 Å². The minimum atomic E-state index is -0.0263. The summed E-state index contributed by atoms with van der Waals surface area (Å²) in [6, 6.07) is 43.0. The molecular formula is C36H34N4. The summed E-state index contributed by atoms with van der Waals surface area (Å²) in [6.07, 6.45) is 0. The van der Waals surface area contributed by atoms with E-state index in [1.807, 2.05) is 0 Å². The molecule has 0 N–H and O–H groups in total. The zero-order valence-electron chi connectivity index (χ0n) is 23.5. The van der Waals surface area contributed by atoms with Crippen LogP contribution >= 0.6 is 0 Å². The molecule has 0 amide bonds. The lowest BCUT2D eigenvalue weighted by atomic mass is 9.90. The van der Waals surface area contributed by atoms with Gasteiger partial charge >= 0.3 is 0 Å². The van der Waals surface area contributed by atoms with Crippen molar-refractivity contribution in [3.8, 4) is 0 Å². The summed E-state index contributed by atoms with van der Waals surface area (Å²) in [4.78, 5) is 14.8. The molecule has 4 aromatic carbocycles. The summed E-state index contributed by atoms with van der Waals surface area (Å²) in [5, 5.41) is 2.28. The lowest BCUT2D eigenvalue weighted by Crippen LogP contribution is -2.38. The van der Waals surface area contributed by atoms with Gasteiger partial charge in [-0.15, -0.1) is 0 Å². The first-order valence-electron chi connectivity index (χ1n) is 13.8. The fourth-order valence-electron chi connectivity index (χ4n) is 5.86. The molecule has 0 bridgehead atoms. The first kappa shape index (κ1) is 25.6. The van der Waals surface area contributed by atoms with E-state index >= 15 is 0 Å². The van der Waals surface area contributed by atoms with Gasteiger partial charge in [-0.2, -0.15) is 0 Å². The fourth-order valence-corrected chi connectivity index (χ4v) is 5.86. The first-order chi connectivity index (χ1) is 19.5. The molecule has 0 unspecified atom stereocenters. The molecule has 0 aliphatic carbocycles. The van der Waals surface area contributed by atoms with Gasteiger partial charge in [-0.1, -0.05) is 97.1 Å². The van der Waals surface area contributed by atoms with Crippen molar-refractivity contribution in [2.24, 2.45) is 0 Å². The van der Waals surface area contributed by atoms with Crippen LogP contribution in [0.25, 0.3) is 21.8 Å². The predicted octanol–water partition coefficient (Wildman–Crippen LogP) is 8.46. The Balaban J connectivity index is 1.58. The quantitative estimate of drug-likeness (QED) is 0.211. The van der Waals surface area contributed by atoms with E-state index in [-0.39, 0.29) is 12.1 Å². The summed E-state index contributed by atoms with van der Waals surface area (Å²) >= 11 is 0. The molecule has 0 aliphatic rings. The van der Waals surface area contributed by atoms with Crippen LogP contribution in [-0.2, 0) is 0 Å². The number of hydrogen-bond acceptors (Lipinski definition) is 4. The van der Waals surface area contributed by atoms with Gasteiger partial charge in [-0.05, 0) is 49.2 Å². The van der Waals surface area contributed by atoms with Gasteiger partial charge in [0.25, 0.3) is 0 Å². The van der Waals surface area contributed by atoms with E-state index in [1.165, 1.54) is 11.1 Å². The zero-order valence-corrected chi connectivity index (χ0v) is 23.5. The van der Waals surface area contributed by atoms with Crippen LogP contribution in [0, 0.1) is 13.8 Å². The highest BCUT2D eigenvalue weighted by atomic mass is 15.2. The zero-order chi connectivity index (χ0) is 27.6. The average molecular weight is 523 g/mol. The third-order valence-corrected chi connectivity index (χ3v) is 7.85. The Morgan fingerprint density at radius 1 is 0.450 bits per heavy atom. The number of anilines is 2. The molecule has 6 rings (SSSR count). The maximum absolute atomic E-state index is 4.99. The number of para-hydroxylation sites is 2. The summed E-state index contributed by atoms with van der Waals surface area (Å²) in [5.74, 6) is 0. The fraction of sp³-hybridized carbons (Fsp3) is 0.167. The topological polar surface area (TPSA) is 32.3 Å². The number of rotatable bonds is 7. The van der Waals surface area contributed by atoms with Crippen LogP contribution < -0.4 is 9.80 Å². The molecule has 4 nitrogen and oxygen atoms in total. The summed E-state index contributed by atoms with van der Waals surface area (Å²) < 4.78 is 0. The number of benzene rings is 4.